The highest BCUT2D eigenvalue weighted by Gasteiger charge is 2.56. The number of alkyl halides is 3. The van der Waals surface area contributed by atoms with Crippen molar-refractivity contribution in [3.63, 3.8) is 0 Å². The molecule has 4 aliphatic heterocycles. The average Bonchev–Trinajstić information content (AvgIpc) is 3.59. The Morgan fingerprint density at radius 1 is 0.930 bits per heavy atom. The van der Waals surface area contributed by atoms with Crippen molar-refractivity contribution in [3.8, 4) is 6.01 Å². The van der Waals surface area contributed by atoms with Gasteiger partial charge in [-0.15, -0.1) is 0 Å². The van der Waals surface area contributed by atoms with E-state index in [9.17, 15) is 18.3 Å². The van der Waals surface area contributed by atoms with Crippen molar-refractivity contribution < 1.29 is 23.0 Å². The van der Waals surface area contributed by atoms with E-state index in [4.69, 9.17) is 14.7 Å². The Kier molecular flexibility index (Phi) is 7.20. The summed E-state index contributed by atoms with van der Waals surface area (Å²) in [5.74, 6) is 0.474. The molecule has 0 amide bonds. The molecule has 7 rings (SSSR count). The molecule has 5 heterocycles. The number of piperidine rings is 1. The number of hydrogen-bond donors (Lipinski definition) is 1. The van der Waals surface area contributed by atoms with Gasteiger partial charge in [0.2, 0.25) is 0 Å². The molecule has 230 valence electrons. The molecule has 3 saturated heterocycles. The number of aryl methyl sites for hydroxylation is 1. The molecule has 1 unspecified atom stereocenters. The first-order valence-corrected chi connectivity index (χ1v) is 15.8. The number of aliphatic hydroxyl groups is 1. The normalized spacial score (nSPS) is 23.9. The summed E-state index contributed by atoms with van der Waals surface area (Å²) >= 11 is 0. The van der Waals surface area contributed by atoms with Gasteiger partial charge < -0.3 is 19.6 Å². The van der Waals surface area contributed by atoms with Crippen molar-refractivity contribution in [1.29, 1.82) is 0 Å². The molecule has 10 heteroatoms. The molecule has 2 aromatic carbocycles. The lowest BCUT2D eigenvalue weighted by atomic mass is 9.91. The number of nitrogens with zero attached hydrogens (tertiary/aromatic N) is 5. The molecule has 3 fully saturated rings. The highest BCUT2D eigenvalue weighted by atomic mass is 19.4. The van der Waals surface area contributed by atoms with Gasteiger partial charge in [-0.25, -0.2) is 0 Å². The fourth-order valence-corrected chi connectivity index (χ4v) is 7.98. The Morgan fingerprint density at radius 3 is 2.42 bits per heavy atom. The van der Waals surface area contributed by atoms with E-state index in [1.165, 1.54) is 16.3 Å². The SMILES string of the molecule is CCc1cccc2cccc(N3CCc4c(nc(OCC56CCCN5CCC6)nc4N4CCCC(O)(C(F)(F)F)C4)C3)c12. The lowest BCUT2D eigenvalue weighted by molar-refractivity contribution is -0.261. The fourth-order valence-electron chi connectivity index (χ4n) is 7.98. The van der Waals surface area contributed by atoms with E-state index in [2.05, 4.69) is 53.1 Å². The van der Waals surface area contributed by atoms with E-state index in [0.717, 1.165) is 62.1 Å². The minimum Gasteiger partial charge on any atom is -0.461 e. The third kappa shape index (κ3) is 5.00. The van der Waals surface area contributed by atoms with Gasteiger partial charge in [-0.2, -0.15) is 23.1 Å². The van der Waals surface area contributed by atoms with Crippen LogP contribution in [0.1, 0.15) is 62.3 Å². The molecule has 0 spiro atoms. The van der Waals surface area contributed by atoms with E-state index < -0.39 is 18.3 Å². The number of ether oxygens (including phenoxy) is 1. The van der Waals surface area contributed by atoms with Crippen molar-refractivity contribution in [2.75, 3.05) is 49.1 Å². The second-order valence-electron chi connectivity index (χ2n) is 12.8. The highest BCUT2D eigenvalue weighted by Crippen LogP contribution is 2.42. The van der Waals surface area contributed by atoms with Crippen LogP contribution in [-0.2, 0) is 19.4 Å². The van der Waals surface area contributed by atoms with Crippen LogP contribution in [0.25, 0.3) is 10.8 Å². The molecule has 3 aromatic rings. The zero-order valence-corrected chi connectivity index (χ0v) is 24.8. The minimum absolute atomic E-state index is 0.00731. The molecular weight excluding hydrogens is 555 g/mol. The predicted octanol–water partition coefficient (Wildman–Crippen LogP) is 5.66. The molecule has 43 heavy (non-hydrogen) atoms. The summed E-state index contributed by atoms with van der Waals surface area (Å²) in [5, 5.41) is 13.1. The lowest BCUT2D eigenvalue weighted by Crippen LogP contribution is -2.57. The lowest BCUT2D eigenvalue weighted by Gasteiger charge is -2.42. The second-order valence-corrected chi connectivity index (χ2v) is 12.8. The number of hydrogen-bond acceptors (Lipinski definition) is 7. The van der Waals surface area contributed by atoms with Crippen LogP contribution in [0.3, 0.4) is 0 Å². The van der Waals surface area contributed by atoms with Crippen molar-refractivity contribution in [1.82, 2.24) is 14.9 Å². The summed E-state index contributed by atoms with van der Waals surface area (Å²) in [7, 11) is 0. The van der Waals surface area contributed by atoms with Crippen molar-refractivity contribution in [2.24, 2.45) is 0 Å². The number of fused-ring (bicyclic) bond motifs is 3. The molecule has 0 bridgehead atoms. The van der Waals surface area contributed by atoms with Crippen LogP contribution in [0.2, 0.25) is 0 Å². The van der Waals surface area contributed by atoms with Gasteiger partial charge in [-0.1, -0.05) is 37.3 Å². The standard InChI is InChI=1S/C33H40F3N5O2/c1-2-23-8-3-9-24-10-4-11-27(28(23)24)39-19-12-25-26(20-39)37-30(43-22-31-13-5-17-41(31)18-6-14-31)38-29(25)40-16-7-15-32(42,21-40)33(34,35)36/h3-4,8-11,42H,2,5-7,12-22H2,1H3. The van der Waals surface area contributed by atoms with Crippen LogP contribution in [0.15, 0.2) is 36.4 Å². The first kappa shape index (κ1) is 28.6. The molecule has 7 nitrogen and oxygen atoms in total. The van der Waals surface area contributed by atoms with Gasteiger partial charge in [0.15, 0.2) is 5.60 Å². The Hall–Kier alpha value is -3.11. The minimum atomic E-state index is -4.71. The molecular formula is C33H40F3N5O2. The zero-order valence-electron chi connectivity index (χ0n) is 24.8. The summed E-state index contributed by atoms with van der Waals surface area (Å²) in [6.07, 6.45) is 1.14. The van der Waals surface area contributed by atoms with E-state index in [-0.39, 0.29) is 24.4 Å². The molecule has 1 aromatic heterocycles. The zero-order chi connectivity index (χ0) is 29.8. The summed E-state index contributed by atoms with van der Waals surface area (Å²) in [6.45, 7) is 5.84. The molecule has 1 atom stereocenters. The van der Waals surface area contributed by atoms with E-state index in [1.807, 2.05) is 0 Å². The second kappa shape index (κ2) is 10.8. The summed E-state index contributed by atoms with van der Waals surface area (Å²) in [4.78, 5) is 16.1. The van der Waals surface area contributed by atoms with Crippen molar-refractivity contribution in [2.45, 2.75) is 82.2 Å². The molecule has 1 N–H and O–H groups in total. The van der Waals surface area contributed by atoms with Gasteiger partial charge in [-0.05, 0) is 81.5 Å². The van der Waals surface area contributed by atoms with Crippen LogP contribution < -0.4 is 14.5 Å². The number of anilines is 2. The molecule has 4 aliphatic rings. The number of benzene rings is 2. The van der Waals surface area contributed by atoms with Crippen molar-refractivity contribution >= 4 is 22.3 Å². The van der Waals surface area contributed by atoms with Crippen LogP contribution in [0.5, 0.6) is 6.01 Å². The van der Waals surface area contributed by atoms with Crippen LogP contribution in [0, 0.1) is 0 Å². The quantitative estimate of drug-likeness (QED) is 0.395. The number of halogens is 3. The third-order valence-corrected chi connectivity index (χ3v) is 10.3. The monoisotopic (exact) mass is 595 g/mol. The Labute approximate surface area is 250 Å². The van der Waals surface area contributed by atoms with E-state index in [0.29, 0.717) is 38.5 Å². The molecule has 0 saturated carbocycles. The van der Waals surface area contributed by atoms with Gasteiger partial charge in [0.05, 0.1) is 24.3 Å². The maximum absolute atomic E-state index is 13.9. The number of rotatable bonds is 6. The van der Waals surface area contributed by atoms with Crippen LogP contribution >= 0.6 is 0 Å². The third-order valence-electron chi connectivity index (χ3n) is 10.3. The summed E-state index contributed by atoms with van der Waals surface area (Å²) < 4.78 is 48.2. The van der Waals surface area contributed by atoms with Gasteiger partial charge in [0.25, 0.3) is 0 Å². The average molecular weight is 596 g/mol. The first-order valence-electron chi connectivity index (χ1n) is 15.8. The van der Waals surface area contributed by atoms with Gasteiger partial charge >= 0.3 is 12.2 Å². The molecule has 0 aliphatic carbocycles. The summed E-state index contributed by atoms with van der Waals surface area (Å²) in [5.41, 5.74) is 1.28. The molecule has 0 radical (unpaired) electrons. The Morgan fingerprint density at radius 2 is 1.67 bits per heavy atom. The smallest absolute Gasteiger partial charge is 0.418 e. The van der Waals surface area contributed by atoms with Crippen LogP contribution in [-0.4, -0.2) is 76.6 Å². The van der Waals surface area contributed by atoms with Gasteiger partial charge in [-0.3, -0.25) is 4.90 Å². The first-order chi connectivity index (χ1) is 20.7. The van der Waals surface area contributed by atoms with Crippen molar-refractivity contribution in [3.05, 3.63) is 53.2 Å². The van der Waals surface area contributed by atoms with E-state index >= 15 is 0 Å². The van der Waals surface area contributed by atoms with Gasteiger partial charge in [0.1, 0.15) is 12.4 Å². The number of β-amino-alcohol motifs (C(OH)–C–C–N with tert-alkyl or cyclic N) is 1. The number of aromatic nitrogens is 2. The highest BCUT2D eigenvalue weighted by molar-refractivity contribution is 5.97. The van der Waals surface area contributed by atoms with Crippen LogP contribution in [0.4, 0.5) is 24.7 Å². The maximum atomic E-state index is 13.9. The topological polar surface area (TPSA) is 65.0 Å². The summed E-state index contributed by atoms with van der Waals surface area (Å²) in [6, 6.07) is 13.0. The van der Waals surface area contributed by atoms with E-state index in [1.54, 1.807) is 4.90 Å². The Bertz CT molecular complexity index is 1500. The largest absolute Gasteiger partial charge is 0.461 e. The Balaban J connectivity index is 1.25. The van der Waals surface area contributed by atoms with Gasteiger partial charge in [0, 0.05) is 29.7 Å². The maximum Gasteiger partial charge on any atom is 0.418 e. The predicted molar refractivity (Wildman–Crippen MR) is 161 cm³/mol. The fraction of sp³-hybridized carbons (Fsp3) is 0.576.